The first kappa shape index (κ1) is 26.8. The highest BCUT2D eigenvalue weighted by Gasteiger charge is 2.03. The lowest BCUT2D eigenvalue weighted by Crippen LogP contribution is -2.32. The van der Waals surface area contributed by atoms with Crippen molar-refractivity contribution in [3.8, 4) is 0 Å². The summed E-state index contributed by atoms with van der Waals surface area (Å²) >= 11 is 0. The Morgan fingerprint density at radius 2 is 1.37 bits per heavy atom. The van der Waals surface area contributed by atoms with Crippen LogP contribution >= 0.6 is 0 Å². The van der Waals surface area contributed by atoms with E-state index in [-0.39, 0.29) is 6.61 Å². The smallest absolute Gasteiger partial charge is 0.0897 e. The molecule has 4 nitrogen and oxygen atoms in total. The second kappa shape index (κ2) is 22.1. The second-order valence-corrected chi connectivity index (χ2v) is 8.23. The lowest BCUT2D eigenvalue weighted by Gasteiger charge is -2.11. The van der Waals surface area contributed by atoms with Crippen LogP contribution in [-0.4, -0.2) is 49.2 Å². The van der Waals surface area contributed by atoms with E-state index in [4.69, 9.17) is 9.84 Å². The molecule has 0 saturated carbocycles. The molecule has 0 aromatic carbocycles. The third-order valence-electron chi connectivity index (χ3n) is 5.26. The van der Waals surface area contributed by atoms with Gasteiger partial charge in [0.25, 0.3) is 0 Å². The van der Waals surface area contributed by atoms with Crippen molar-refractivity contribution in [3.05, 3.63) is 0 Å². The highest BCUT2D eigenvalue weighted by Crippen LogP contribution is 2.17. The first-order valence-corrected chi connectivity index (χ1v) is 11.8. The summed E-state index contributed by atoms with van der Waals surface area (Å²) in [7, 11) is 0. The zero-order chi connectivity index (χ0) is 20.0. The van der Waals surface area contributed by atoms with Crippen LogP contribution in [0.4, 0.5) is 0 Å². The Morgan fingerprint density at radius 1 is 0.815 bits per heavy atom. The fraction of sp³-hybridized carbons (Fsp3) is 1.00. The van der Waals surface area contributed by atoms with E-state index in [0.29, 0.717) is 19.7 Å². The summed E-state index contributed by atoms with van der Waals surface area (Å²) in [5, 5.41) is 21.3. The number of unbranched alkanes of at least 4 members (excludes halogenated alkanes) is 10. The van der Waals surface area contributed by atoms with Crippen molar-refractivity contribution in [1.82, 2.24) is 5.32 Å². The van der Waals surface area contributed by atoms with Crippen LogP contribution in [0.3, 0.4) is 0 Å². The molecule has 0 spiro atoms. The third kappa shape index (κ3) is 22.0. The lowest BCUT2D eigenvalue weighted by atomic mass is 9.96. The summed E-state index contributed by atoms with van der Waals surface area (Å²) in [5.41, 5.74) is 0. The molecule has 0 heterocycles. The van der Waals surface area contributed by atoms with E-state index in [9.17, 15) is 5.11 Å². The van der Waals surface area contributed by atoms with Crippen molar-refractivity contribution in [2.75, 3.05) is 32.9 Å². The predicted octanol–water partition coefficient (Wildman–Crippen LogP) is 5.06. The minimum Gasteiger partial charge on any atom is -0.395 e. The summed E-state index contributed by atoms with van der Waals surface area (Å²) in [5.74, 6) is 0.927. The van der Waals surface area contributed by atoms with Crippen molar-refractivity contribution in [2.45, 2.75) is 110 Å². The van der Waals surface area contributed by atoms with E-state index in [1.165, 1.54) is 83.5 Å². The highest BCUT2D eigenvalue weighted by atomic mass is 16.5. The monoisotopic (exact) mass is 387 g/mol. The standard InChI is InChI=1S/C23H49NO3/c1-3-4-12-15-22(2)16-13-10-8-6-5-7-9-11-14-19-27-21-23(26)20-24-17-18-25/h22-26H,3-21H2,1-2H3. The van der Waals surface area contributed by atoms with Gasteiger partial charge in [0.2, 0.25) is 0 Å². The number of nitrogens with one attached hydrogen (secondary N) is 1. The molecule has 0 bridgehead atoms. The topological polar surface area (TPSA) is 61.7 Å². The van der Waals surface area contributed by atoms with Gasteiger partial charge in [0.1, 0.15) is 0 Å². The molecule has 0 aliphatic carbocycles. The lowest BCUT2D eigenvalue weighted by molar-refractivity contribution is 0.0350. The van der Waals surface area contributed by atoms with Crippen LogP contribution in [0.5, 0.6) is 0 Å². The van der Waals surface area contributed by atoms with Crippen LogP contribution < -0.4 is 5.32 Å². The SMILES string of the molecule is CCCCCC(C)CCCCCCCCCCCOCC(O)CNCCO. The molecule has 0 rings (SSSR count). The van der Waals surface area contributed by atoms with Crippen LogP contribution in [-0.2, 0) is 4.74 Å². The van der Waals surface area contributed by atoms with Gasteiger partial charge in [-0.1, -0.05) is 97.3 Å². The van der Waals surface area contributed by atoms with E-state index in [1.807, 2.05) is 0 Å². The fourth-order valence-electron chi connectivity index (χ4n) is 3.45. The molecule has 0 aliphatic heterocycles. The molecule has 2 atom stereocenters. The summed E-state index contributed by atoms with van der Waals surface area (Å²) in [6.45, 7) is 6.95. The molecule has 0 radical (unpaired) electrons. The minimum atomic E-state index is -0.476. The minimum absolute atomic E-state index is 0.103. The van der Waals surface area contributed by atoms with Crippen LogP contribution in [0.15, 0.2) is 0 Å². The average Bonchev–Trinajstić information content (AvgIpc) is 2.66. The largest absolute Gasteiger partial charge is 0.395 e. The maximum atomic E-state index is 9.65. The van der Waals surface area contributed by atoms with Crippen LogP contribution in [0.1, 0.15) is 104 Å². The molecular formula is C23H49NO3. The van der Waals surface area contributed by atoms with Gasteiger partial charge in [0.15, 0.2) is 0 Å². The number of hydrogen-bond donors (Lipinski definition) is 3. The first-order valence-electron chi connectivity index (χ1n) is 11.8. The van der Waals surface area contributed by atoms with Gasteiger partial charge in [-0.05, 0) is 12.3 Å². The average molecular weight is 388 g/mol. The van der Waals surface area contributed by atoms with Crippen molar-refractivity contribution >= 4 is 0 Å². The molecule has 4 heteroatoms. The Kier molecular flexibility index (Phi) is 22.0. The molecule has 0 fully saturated rings. The molecule has 27 heavy (non-hydrogen) atoms. The van der Waals surface area contributed by atoms with E-state index in [2.05, 4.69) is 19.2 Å². The van der Waals surface area contributed by atoms with E-state index in [1.54, 1.807) is 0 Å². The summed E-state index contributed by atoms with van der Waals surface area (Å²) in [4.78, 5) is 0. The summed E-state index contributed by atoms with van der Waals surface area (Å²) in [6.07, 6.45) is 18.5. The number of hydrogen-bond acceptors (Lipinski definition) is 4. The Balaban J connectivity index is 3.14. The molecule has 164 valence electrons. The molecule has 0 aliphatic rings. The van der Waals surface area contributed by atoms with Gasteiger partial charge in [-0.25, -0.2) is 0 Å². The molecular weight excluding hydrogens is 338 g/mol. The maximum absolute atomic E-state index is 9.65. The van der Waals surface area contributed by atoms with Gasteiger partial charge >= 0.3 is 0 Å². The second-order valence-electron chi connectivity index (χ2n) is 8.23. The zero-order valence-electron chi connectivity index (χ0n) is 18.4. The summed E-state index contributed by atoms with van der Waals surface area (Å²) in [6, 6.07) is 0. The molecule has 3 N–H and O–H groups in total. The fourth-order valence-corrected chi connectivity index (χ4v) is 3.45. The Morgan fingerprint density at radius 3 is 1.96 bits per heavy atom. The molecule has 2 unspecified atom stereocenters. The van der Waals surface area contributed by atoms with E-state index < -0.39 is 6.10 Å². The van der Waals surface area contributed by atoms with Gasteiger partial charge in [-0.15, -0.1) is 0 Å². The van der Waals surface area contributed by atoms with Crippen molar-refractivity contribution in [1.29, 1.82) is 0 Å². The van der Waals surface area contributed by atoms with Crippen LogP contribution in [0.25, 0.3) is 0 Å². The van der Waals surface area contributed by atoms with Crippen molar-refractivity contribution < 1.29 is 14.9 Å². The van der Waals surface area contributed by atoms with Gasteiger partial charge in [0, 0.05) is 19.7 Å². The van der Waals surface area contributed by atoms with Crippen LogP contribution in [0, 0.1) is 5.92 Å². The van der Waals surface area contributed by atoms with Gasteiger partial charge in [-0.2, -0.15) is 0 Å². The predicted molar refractivity (Wildman–Crippen MR) is 116 cm³/mol. The quantitative estimate of drug-likeness (QED) is 0.227. The Bertz CT molecular complexity index is 250. The highest BCUT2D eigenvalue weighted by molar-refractivity contribution is 4.58. The third-order valence-corrected chi connectivity index (χ3v) is 5.26. The molecule has 0 aromatic rings. The molecule has 0 saturated heterocycles. The Labute approximate surface area is 169 Å². The first-order chi connectivity index (χ1) is 13.2. The number of aliphatic hydroxyl groups is 2. The van der Waals surface area contributed by atoms with E-state index >= 15 is 0 Å². The van der Waals surface area contributed by atoms with Gasteiger partial charge in [0.05, 0.1) is 19.3 Å². The zero-order valence-corrected chi connectivity index (χ0v) is 18.4. The molecule has 0 amide bonds. The van der Waals surface area contributed by atoms with Crippen molar-refractivity contribution in [3.63, 3.8) is 0 Å². The number of rotatable bonds is 22. The summed E-state index contributed by atoms with van der Waals surface area (Å²) < 4.78 is 5.50. The van der Waals surface area contributed by atoms with Gasteiger partial charge < -0.3 is 20.3 Å². The maximum Gasteiger partial charge on any atom is 0.0897 e. The number of aliphatic hydroxyl groups excluding tert-OH is 2. The van der Waals surface area contributed by atoms with E-state index in [0.717, 1.165) is 18.9 Å². The van der Waals surface area contributed by atoms with Crippen molar-refractivity contribution in [2.24, 2.45) is 5.92 Å². The normalized spacial score (nSPS) is 13.8. The van der Waals surface area contributed by atoms with Crippen LogP contribution in [0.2, 0.25) is 0 Å². The van der Waals surface area contributed by atoms with Gasteiger partial charge in [-0.3, -0.25) is 0 Å². The number of ether oxygens (including phenoxy) is 1. The Hall–Kier alpha value is -0.160. The molecule has 0 aromatic heterocycles.